The van der Waals surface area contributed by atoms with Gasteiger partial charge in [0, 0.05) is 38.8 Å². The highest BCUT2D eigenvalue weighted by atomic mass is 16.5. The summed E-state index contributed by atoms with van der Waals surface area (Å²) in [6.45, 7) is 9.65. The van der Waals surface area contributed by atoms with Crippen LogP contribution < -0.4 is 9.64 Å². The van der Waals surface area contributed by atoms with Gasteiger partial charge < -0.3 is 9.64 Å². The number of fused-ring (bicyclic) bond motifs is 16. The molecule has 0 saturated heterocycles. The van der Waals surface area contributed by atoms with Gasteiger partial charge in [0.25, 0.3) is 0 Å². The van der Waals surface area contributed by atoms with Gasteiger partial charge in [0.15, 0.2) is 5.60 Å². The van der Waals surface area contributed by atoms with Crippen LogP contribution in [0.3, 0.4) is 0 Å². The van der Waals surface area contributed by atoms with Gasteiger partial charge in [-0.25, -0.2) is 0 Å². The van der Waals surface area contributed by atoms with E-state index < -0.39 is 11.1 Å². The topological polar surface area (TPSA) is 12.5 Å². The molecule has 2 nitrogen and oxygen atoms in total. The molecule has 5 aliphatic carbocycles. The summed E-state index contributed by atoms with van der Waals surface area (Å²) in [4.78, 5) is 2.71. The molecule has 0 bridgehead atoms. The predicted molar refractivity (Wildman–Crippen MR) is 237 cm³/mol. The first-order valence-electron chi connectivity index (χ1n) is 21.5. The maximum atomic E-state index is 7.10. The number of benzene rings is 6. The zero-order valence-corrected chi connectivity index (χ0v) is 33.8. The molecule has 6 aromatic carbocycles. The predicted octanol–water partition coefficient (Wildman–Crippen LogP) is 13.4. The highest BCUT2D eigenvalue weighted by Crippen LogP contribution is 2.67. The van der Waals surface area contributed by atoms with Crippen molar-refractivity contribution in [1.82, 2.24) is 0 Å². The van der Waals surface area contributed by atoms with E-state index >= 15 is 0 Å². The van der Waals surface area contributed by atoms with Crippen LogP contribution in [0.25, 0.3) is 27.8 Å². The van der Waals surface area contributed by atoms with Crippen LogP contribution in [0.4, 0.5) is 11.4 Å². The minimum absolute atomic E-state index is 0.0478. The Labute approximate surface area is 342 Å². The first-order valence-corrected chi connectivity index (χ1v) is 21.5. The third-order valence-electron chi connectivity index (χ3n) is 16.2. The van der Waals surface area contributed by atoms with Crippen molar-refractivity contribution < 1.29 is 4.74 Å². The fraction of sp³-hybridized carbons (Fsp3) is 0.250. The van der Waals surface area contributed by atoms with E-state index in [1.54, 1.807) is 0 Å². The Kier molecular flexibility index (Phi) is 6.17. The summed E-state index contributed by atoms with van der Waals surface area (Å²) in [6.07, 6.45) is 12.0. The molecule has 13 rings (SSSR count). The second kappa shape index (κ2) is 10.8. The van der Waals surface area contributed by atoms with Crippen LogP contribution in [-0.2, 0) is 16.2 Å². The summed E-state index contributed by atoms with van der Waals surface area (Å²) in [5.74, 6) is 1.22. The van der Waals surface area contributed by atoms with Gasteiger partial charge in [-0.1, -0.05) is 134 Å². The summed E-state index contributed by atoms with van der Waals surface area (Å²) in [5, 5.41) is 0. The van der Waals surface area contributed by atoms with Gasteiger partial charge in [0.1, 0.15) is 5.75 Å². The highest BCUT2D eigenvalue weighted by Gasteiger charge is 2.61. The van der Waals surface area contributed by atoms with Crippen LogP contribution in [0.1, 0.15) is 86.8 Å². The summed E-state index contributed by atoms with van der Waals surface area (Å²) in [7, 11) is 0. The van der Waals surface area contributed by atoms with E-state index in [1.165, 1.54) is 83.7 Å². The van der Waals surface area contributed by atoms with Crippen molar-refractivity contribution in [1.29, 1.82) is 0 Å². The minimum atomic E-state index is -0.541. The second-order valence-corrected chi connectivity index (χ2v) is 18.9. The van der Waals surface area contributed by atoms with Crippen molar-refractivity contribution in [2.75, 3.05) is 4.90 Å². The Morgan fingerprint density at radius 3 is 1.71 bits per heavy atom. The van der Waals surface area contributed by atoms with Crippen molar-refractivity contribution in [2.45, 2.75) is 80.8 Å². The zero-order chi connectivity index (χ0) is 38.8. The van der Waals surface area contributed by atoms with E-state index in [0.29, 0.717) is 0 Å². The van der Waals surface area contributed by atoms with Crippen molar-refractivity contribution >= 4 is 16.9 Å². The van der Waals surface area contributed by atoms with Crippen LogP contribution in [0.5, 0.6) is 5.75 Å². The first-order chi connectivity index (χ1) is 28.2. The molecular formula is C56H47NO. The molecule has 2 spiro atoms. The van der Waals surface area contributed by atoms with Gasteiger partial charge in [-0.05, 0) is 144 Å². The molecule has 0 N–H and O–H groups in total. The summed E-state index contributed by atoms with van der Waals surface area (Å²) in [6, 6.07) is 53.3. The summed E-state index contributed by atoms with van der Waals surface area (Å²) < 4.78 is 7.10. The number of rotatable bonds is 1. The van der Waals surface area contributed by atoms with Crippen LogP contribution >= 0.6 is 0 Å². The van der Waals surface area contributed by atoms with Crippen LogP contribution in [0.2, 0.25) is 0 Å². The number of nitrogens with zero attached hydrogens (tertiary/aromatic N) is 1. The molecular weight excluding hydrogens is 703 g/mol. The molecule has 4 atom stereocenters. The molecule has 1 fully saturated rings. The lowest BCUT2D eigenvalue weighted by Crippen LogP contribution is -2.59. The first kappa shape index (κ1) is 33.1. The average molecular weight is 750 g/mol. The summed E-state index contributed by atoms with van der Waals surface area (Å²) >= 11 is 0. The molecule has 58 heavy (non-hydrogen) atoms. The lowest BCUT2D eigenvalue weighted by atomic mass is 9.53. The van der Waals surface area contributed by atoms with Crippen molar-refractivity contribution in [3.8, 4) is 28.0 Å². The third kappa shape index (κ3) is 3.73. The van der Waals surface area contributed by atoms with Crippen molar-refractivity contribution in [3.05, 3.63) is 202 Å². The maximum Gasteiger partial charge on any atom is 0.154 e. The summed E-state index contributed by atoms with van der Waals surface area (Å²) in [5.41, 5.74) is 19.8. The molecule has 6 aromatic rings. The van der Waals surface area contributed by atoms with Gasteiger partial charge in [0.2, 0.25) is 0 Å². The number of hydrogen-bond acceptors (Lipinski definition) is 2. The largest absolute Gasteiger partial charge is 0.478 e. The number of para-hydroxylation sites is 2. The molecule has 2 aliphatic heterocycles. The Morgan fingerprint density at radius 1 is 0.552 bits per heavy atom. The monoisotopic (exact) mass is 749 g/mol. The van der Waals surface area contributed by atoms with Crippen LogP contribution in [0, 0.1) is 5.92 Å². The van der Waals surface area contributed by atoms with E-state index in [0.717, 1.165) is 31.4 Å². The Hall–Kier alpha value is -5.86. The zero-order valence-electron chi connectivity index (χ0n) is 33.8. The fourth-order valence-electron chi connectivity index (χ4n) is 13.9. The van der Waals surface area contributed by atoms with Gasteiger partial charge in [-0.15, -0.1) is 0 Å². The fourth-order valence-corrected chi connectivity index (χ4v) is 13.9. The van der Waals surface area contributed by atoms with Crippen molar-refractivity contribution in [3.63, 3.8) is 0 Å². The Bertz CT molecular complexity index is 2870. The van der Waals surface area contributed by atoms with E-state index in [1.807, 2.05) is 0 Å². The van der Waals surface area contributed by atoms with E-state index in [4.69, 9.17) is 4.74 Å². The maximum absolute atomic E-state index is 7.10. The number of ether oxygens (including phenoxy) is 1. The quantitative estimate of drug-likeness (QED) is 0.155. The smallest absolute Gasteiger partial charge is 0.154 e. The molecule has 0 radical (unpaired) electrons. The lowest BCUT2D eigenvalue weighted by molar-refractivity contribution is 0.186. The average Bonchev–Trinajstić information content (AvgIpc) is 3.81. The SMILES string of the molecule is CC1C=CC2(C)C3=C1C1(C)Oc4ccccc4C1=CC3(C)N(c1ccc3c(c1)C1(CCC4(CC1)c1ccccc1-c1ccccc14)c1ccccc1-3)c1ccccc12. The van der Waals surface area contributed by atoms with E-state index in [-0.39, 0.29) is 22.2 Å². The van der Waals surface area contributed by atoms with Gasteiger partial charge >= 0.3 is 0 Å². The van der Waals surface area contributed by atoms with Crippen LogP contribution in [-0.4, -0.2) is 11.1 Å². The molecule has 1 saturated carbocycles. The molecule has 2 heterocycles. The lowest BCUT2D eigenvalue weighted by Gasteiger charge is -2.59. The number of allylic oxidation sites excluding steroid dienone is 2. The standard InChI is InChI=1S/C56H47NO/c1-35-27-28-52(2)45-22-12-13-23-48(45)57(53(3)34-47-41-18-8-14-24-49(41)58-54(47,4)50(35)51(52)53)36-25-26-40-39-17-7-11-21-44(39)56(46(40)33-36)31-29-55(30-32-56)42-19-9-5-15-37(42)38-16-6-10-20-43(38)55/h5-28,33-35H,29-32H2,1-4H3. The molecule has 7 aliphatic rings. The molecule has 2 heteroatoms. The second-order valence-electron chi connectivity index (χ2n) is 18.9. The normalized spacial score (nSPS) is 27.8. The third-order valence-corrected chi connectivity index (χ3v) is 16.2. The molecule has 0 amide bonds. The van der Waals surface area contributed by atoms with Gasteiger partial charge in [0.05, 0.1) is 5.54 Å². The highest BCUT2D eigenvalue weighted by molar-refractivity contribution is 5.93. The Balaban J connectivity index is 1.02. The minimum Gasteiger partial charge on any atom is -0.478 e. The number of hydrogen-bond donors (Lipinski definition) is 0. The Morgan fingerprint density at radius 2 is 1.07 bits per heavy atom. The molecule has 4 unspecified atom stereocenters. The van der Waals surface area contributed by atoms with E-state index in [2.05, 4.69) is 190 Å². The van der Waals surface area contributed by atoms with Crippen LogP contribution in [0.15, 0.2) is 169 Å². The van der Waals surface area contributed by atoms with Crippen molar-refractivity contribution in [2.24, 2.45) is 5.92 Å². The van der Waals surface area contributed by atoms with Gasteiger partial charge in [-0.3, -0.25) is 0 Å². The van der Waals surface area contributed by atoms with E-state index in [9.17, 15) is 0 Å². The molecule has 282 valence electrons. The number of anilines is 2. The van der Waals surface area contributed by atoms with Gasteiger partial charge in [-0.2, -0.15) is 0 Å². The molecule has 0 aromatic heterocycles.